The van der Waals surface area contributed by atoms with Gasteiger partial charge in [0.25, 0.3) is 0 Å². The van der Waals surface area contributed by atoms with Crippen LogP contribution in [-0.2, 0) is 16.6 Å². The molecule has 2 aromatic rings. The lowest BCUT2D eigenvalue weighted by atomic mass is 10.1. The summed E-state index contributed by atoms with van der Waals surface area (Å²) in [4.78, 5) is 0.292. The number of nitrogens with one attached hydrogen (secondary N) is 1. The Morgan fingerprint density at radius 3 is 2.30 bits per heavy atom. The third-order valence-electron chi connectivity index (χ3n) is 4.30. The summed E-state index contributed by atoms with van der Waals surface area (Å²) in [6.07, 6.45) is 0. The van der Waals surface area contributed by atoms with Crippen molar-refractivity contribution in [3.63, 3.8) is 0 Å². The van der Waals surface area contributed by atoms with Crippen LogP contribution in [0, 0.1) is 0 Å². The fourth-order valence-corrected chi connectivity index (χ4v) is 3.53. The maximum atomic E-state index is 12.1. The van der Waals surface area contributed by atoms with E-state index in [2.05, 4.69) is 5.32 Å². The van der Waals surface area contributed by atoms with Gasteiger partial charge in [0, 0.05) is 26.7 Å². The van der Waals surface area contributed by atoms with Gasteiger partial charge in [-0.25, -0.2) is 12.7 Å². The topological polar surface area (TPSA) is 67.9 Å². The van der Waals surface area contributed by atoms with E-state index in [1.165, 1.54) is 18.4 Å². The smallest absolute Gasteiger partial charge is 0.242 e. The van der Waals surface area contributed by atoms with Gasteiger partial charge in [-0.05, 0) is 49.2 Å². The molecule has 7 heteroatoms. The first-order valence-corrected chi connectivity index (χ1v) is 10.3. The zero-order chi connectivity index (χ0) is 20.0. The molecule has 27 heavy (non-hydrogen) atoms. The quantitative estimate of drug-likeness (QED) is 0.710. The zero-order valence-electron chi connectivity index (χ0n) is 16.5. The maximum Gasteiger partial charge on any atom is 0.242 e. The van der Waals surface area contributed by atoms with Gasteiger partial charge in [0.2, 0.25) is 10.0 Å². The summed E-state index contributed by atoms with van der Waals surface area (Å²) in [6, 6.07) is 12.9. The van der Waals surface area contributed by atoms with Crippen molar-refractivity contribution >= 4 is 10.0 Å². The Morgan fingerprint density at radius 1 is 1.07 bits per heavy atom. The monoisotopic (exact) mass is 392 g/mol. The number of benzene rings is 2. The number of hydrogen-bond acceptors (Lipinski definition) is 5. The van der Waals surface area contributed by atoms with Crippen molar-refractivity contribution in [1.82, 2.24) is 9.62 Å². The lowest BCUT2D eigenvalue weighted by Gasteiger charge is -2.17. The fourth-order valence-electron chi connectivity index (χ4n) is 2.63. The molecule has 0 fully saturated rings. The van der Waals surface area contributed by atoms with Crippen molar-refractivity contribution < 1.29 is 17.9 Å². The molecule has 148 valence electrons. The average molecular weight is 393 g/mol. The van der Waals surface area contributed by atoms with E-state index in [-0.39, 0.29) is 6.04 Å². The van der Waals surface area contributed by atoms with Crippen molar-refractivity contribution in [2.24, 2.45) is 0 Å². The number of nitrogens with zero attached hydrogens (tertiary/aromatic N) is 1. The molecule has 0 saturated carbocycles. The molecule has 0 aromatic heterocycles. The van der Waals surface area contributed by atoms with Crippen molar-refractivity contribution in [3.8, 4) is 11.5 Å². The van der Waals surface area contributed by atoms with E-state index < -0.39 is 10.0 Å². The molecule has 1 unspecified atom stereocenters. The second-order valence-electron chi connectivity index (χ2n) is 6.38. The number of sulfonamides is 1. The highest BCUT2D eigenvalue weighted by Crippen LogP contribution is 2.28. The standard InChI is InChI=1S/C20H28N2O4S/c1-6-26-20-13-16(7-12-19(20)25-5)14-21-15(2)17-8-10-18(11-9-17)27(23,24)22(3)4/h7-13,15,21H,6,14H2,1-5H3. The summed E-state index contributed by atoms with van der Waals surface area (Å²) in [5.74, 6) is 1.44. The summed E-state index contributed by atoms with van der Waals surface area (Å²) in [5.41, 5.74) is 2.10. The highest BCUT2D eigenvalue weighted by Gasteiger charge is 2.17. The van der Waals surface area contributed by atoms with Gasteiger partial charge < -0.3 is 14.8 Å². The minimum absolute atomic E-state index is 0.0683. The maximum absolute atomic E-state index is 12.1. The van der Waals surface area contributed by atoms with Crippen LogP contribution in [0.15, 0.2) is 47.4 Å². The minimum atomic E-state index is -3.40. The van der Waals surface area contributed by atoms with E-state index in [4.69, 9.17) is 9.47 Å². The minimum Gasteiger partial charge on any atom is -0.493 e. The Balaban J connectivity index is 2.05. The summed E-state index contributed by atoms with van der Waals surface area (Å²) in [6.45, 7) is 5.21. The molecular weight excluding hydrogens is 364 g/mol. The van der Waals surface area contributed by atoms with E-state index >= 15 is 0 Å². The second-order valence-corrected chi connectivity index (χ2v) is 8.53. The molecule has 0 bridgehead atoms. The first-order valence-electron chi connectivity index (χ1n) is 8.85. The fraction of sp³-hybridized carbons (Fsp3) is 0.400. The van der Waals surface area contributed by atoms with Crippen LogP contribution in [0.1, 0.15) is 31.0 Å². The SMILES string of the molecule is CCOc1cc(CNC(C)c2ccc(S(=O)(=O)N(C)C)cc2)ccc1OC. The largest absolute Gasteiger partial charge is 0.493 e. The van der Waals surface area contributed by atoms with Gasteiger partial charge in [-0.15, -0.1) is 0 Å². The van der Waals surface area contributed by atoms with Crippen molar-refractivity contribution in [1.29, 1.82) is 0 Å². The molecule has 0 spiro atoms. The zero-order valence-corrected chi connectivity index (χ0v) is 17.3. The Bertz CT molecular complexity index is 849. The van der Waals surface area contributed by atoms with Gasteiger partial charge >= 0.3 is 0 Å². The Morgan fingerprint density at radius 2 is 1.74 bits per heavy atom. The summed E-state index contributed by atoms with van der Waals surface area (Å²) < 4.78 is 36.4. The predicted octanol–water partition coefficient (Wildman–Crippen LogP) is 3.20. The third-order valence-corrected chi connectivity index (χ3v) is 6.13. The molecule has 0 aliphatic rings. The molecule has 0 aliphatic heterocycles. The van der Waals surface area contributed by atoms with E-state index in [1.54, 1.807) is 19.2 Å². The summed E-state index contributed by atoms with van der Waals surface area (Å²) in [7, 11) is 1.27. The van der Waals surface area contributed by atoms with Crippen LogP contribution in [0.4, 0.5) is 0 Å². The highest BCUT2D eigenvalue weighted by molar-refractivity contribution is 7.89. The van der Waals surface area contributed by atoms with Crippen LogP contribution in [0.3, 0.4) is 0 Å². The predicted molar refractivity (Wildman–Crippen MR) is 107 cm³/mol. The first-order chi connectivity index (χ1) is 12.8. The van der Waals surface area contributed by atoms with E-state index in [0.29, 0.717) is 23.8 Å². The Labute approximate surface area is 162 Å². The lowest BCUT2D eigenvalue weighted by Crippen LogP contribution is -2.22. The van der Waals surface area contributed by atoms with E-state index in [1.807, 2.05) is 44.2 Å². The van der Waals surface area contributed by atoms with Crippen molar-refractivity contribution in [3.05, 3.63) is 53.6 Å². The molecule has 0 aliphatic carbocycles. The third kappa shape index (κ3) is 5.22. The molecule has 1 atom stereocenters. The molecule has 0 radical (unpaired) electrons. The van der Waals surface area contributed by atoms with Crippen LogP contribution in [0.5, 0.6) is 11.5 Å². The van der Waals surface area contributed by atoms with Crippen LogP contribution in [0.2, 0.25) is 0 Å². The normalized spacial score (nSPS) is 12.8. The van der Waals surface area contributed by atoms with E-state index in [9.17, 15) is 8.42 Å². The molecular formula is C20H28N2O4S. The Hall–Kier alpha value is -2.09. The molecule has 1 N–H and O–H groups in total. The molecule has 0 amide bonds. The highest BCUT2D eigenvalue weighted by atomic mass is 32.2. The number of rotatable bonds is 9. The van der Waals surface area contributed by atoms with Crippen molar-refractivity contribution in [2.45, 2.75) is 31.3 Å². The van der Waals surface area contributed by atoms with Gasteiger partial charge in [0.15, 0.2) is 11.5 Å². The number of ether oxygens (including phenoxy) is 2. The van der Waals surface area contributed by atoms with Gasteiger partial charge in [0.1, 0.15) is 0 Å². The lowest BCUT2D eigenvalue weighted by molar-refractivity contribution is 0.310. The van der Waals surface area contributed by atoms with Gasteiger partial charge in [-0.2, -0.15) is 0 Å². The number of hydrogen-bond donors (Lipinski definition) is 1. The summed E-state index contributed by atoms with van der Waals surface area (Å²) >= 11 is 0. The van der Waals surface area contributed by atoms with Gasteiger partial charge in [-0.1, -0.05) is 18.2 Å². The molecule has 2 rings (SSSR count). The molecule has 6 nitrogen and oxygen atoms in total. The Kier molecular flexibility index (Phi) is 7.24. The van der Waals surface area contributed by atoms with Crippen LogP contribution < -0.4 is 14.8 Å². The van der Waals surface area contributed by atoms with Crippen LogP contribution in [-0.4, -0.2) is 40.5 Å². The molecule has 0 heterocycles. The summed E-state index contributed by atoms with van der Waals surface area (Å²) in [5, 5.41) is 3.45. The number of methoxy groups -OCH3 is 1. The molecule has 2 aromatic carbocycles. The van der Waals surface area contributed by atoms with Gasteiger partial charge in [0.05, 0.1) is 18.6 Å². The molecule has 0 saturated heterocycles. The van der Waals surface area contributed by atoms with Crippen LogP contribution >= 0.6 is 0 Å². The average Bonchev–Trinajstić information content (AvgIpc) is 2.66. The van der Waals surface area contributed by atoms with Crippen molar-refractivity contribution in [2.75, 3.05) is 27.8 Å². The first kappa shape index (κ1) is 21.2. The van der Waals surface area contributed by atoms with E-state index in [0.717, 1.165) is 16.9 Å². The van der Waals surface area contributed by atoms with Gasteiger partial charge in [-0.3, -0.25) is 0 Å². The second kappa shape index (κ2) is 9.21. The van der Waals surface area contributed by atoms with Crippen LogP contribution in [0.25, 0.3) is 0 Å².